The largest absolute Gasteiger partial charge is 0.454 e. The number of aromatic nitrogens is 2. The molecule has 2 aromatic heterocycles. The summed E-state index contributed by atoms with van der Waals surface area (Å²) in [5.74, 6) is 0.768. The minimum absolute atomic E-state index is 0.0582. The fourth-order valence-corrected chi connectivity index (χ4v) is 4.85. The van der Waals surface area contributed by atoms with Crippen molar-refractivity contribution in [3.8, 4) is 34.0 Å². The number of nitrogens with zero attached hydrogens (tertiary/aromatic N) is 2. The Balaban J connectivity index is 1.68. The molecule has 0 fully saturated rings. The van der Waals surface area contributed by atoms with Crippen molar-refractivity contribution in [1.82, 2.24) is 9.55 Å². The summed E-state index contributed by atoms with van der Waals surface area (Å²) in [6, 6.07) is 11.3. The van der Waals surface area contributed by atoms with Gasteiger partial charge in [0.05, 0.1) is 30.1 Å². The summed E-state index contributed by atoms with van der Waals surface area (Å²) in [6.45, 7) is 0.254. The van der Waals surface area contributed by atoms with Crippen molar-refractivity contribution in [1.29, 1.82) is 0 Å². The van der Waals surface area contributed by atoms with E-state index in [1.807, 2.05) is 6.07 Å². The number of hydrogen-bond donors (Lipinski definition) is 1. The summed E-state index contributed by atoms with van der Waals surface area (Å²) in [5.41, 5.74) is 3.94. The van der Waals surface area contributed by atoms with Gasteiger partial charge in [0.2, 0.25) is 6.79 Å². The summed E-state index contributed by atoms with van der Waals surface area (Å²) in [5, 5.41) is 11.1. The zero-order chi connectivity index (χ0) is 24.3. The average molecular weight is 474 g/mol. The van der Waals surface area contributed by atoms with E-state index >= 15 is 0 Å². The summed E-state index contributed by atoms with van der Waals surface area (Å²) in [6.07, 6.45) is -1.10. The van der Waals surface area contributed by atoms with E-state index in [1.54, 1.807) is 28.8 Å². The zero-order valence-electron chi connectivity index (χ0n) is 18.6. The van der Waals surface area contributed by atoms with Crippen molar-refractivity contribution in [3.05, 3.63) is 75.3 Å². The predicted octanol–water partition coefficient (Wildman–Crippen LogP) is 3.34. The van der Waals surface area contributed by atoms with Crippen molar-refractivity contribution in [2.45, 2.75) is 19.3 Å². The number of aldehydes is 1. The monoisotopic (exact) mass is 474 g/mol. The van der Waals surface area contributed by atoms with Crippen LogP contribution in [-0.4, -0.2) is 34.8 Å². The maximum absolute atomic E-state index is 13.8. The van der Waals surface area contributed by atoms with Crippen molar-refractivity contribution in [2.24, 2.45) is 0 Å². The summed E-state index contributed by atoms with van der Waals surface area (Å²) < 4.78 is 31.6. The molecule has 0 spiro atoms. The van der Waals surface area contributed by atoms with Gasteiger partial charge in [0.1, 0.15) is 11.9 Å². The lowest BCUT2D eigenvalue weighted by Crippen LogP contribution is -2.26. The molecule has 2 aromatic carbocycles. The van der Waals surface area contributed by atoms with Crippen molar-refractivity contribution >= 4 is 17.2 Å². The Labute approximate surface area is 198 Å². The van der Waals surface area contributed by atoms with Crippen LogP contribution in [0.3, 0.4) is 0 Å². The number of fused-ring (bicyclic) bond motifs is 5. The van der Waals surface area contributed by atoms with Crippen LogP contribution >= 0.6 is 0 Å². The van der Waals surface area contributed by atoms with Crippen LogP contribution in [0.2, 0.25) is 0 Å². The molecule has 6 rings (SSSR count). The second-order valence-corrected chi connectivity index (χ2v) is 8.41. The van der Waals surface area contributed by atoms with Gasteiger partial charge in [0, 0.05) is 35.3 Å². The minimum atomic E-state index is -1.48. The molecule has 0 radical (unpaired) electrons. The van der Waals surface area contributed by atoms with Crippen molar-refractivity contribution in [3.63, 3.8) is 0 Å². The highest BCUT2D eigenvalue weighted by molar-refractivity contribution is 6.01. The number of aliphatic hydroxyl groups is 1. The molecule has 0 saturated heterocycles. The Morgan fingerprint density at radius 2 is 1.94 bits per heavy atom. The van der Waals surface area contributed by atoms with E-state index in [0.717, 1.165) is 22.1 Å². The Hall–Kier alpha value is -4.08. The molecule has 4 heterocycles. The van der Waals surface area contributed by atoms with Gasteiger partial charge < -0.3 is 28.7 Å². The normalized spacial score (nSPS) is 14.1. The number of halogens is 1. The summed E-state index contributed by atoms with van der Waals surface area (Å²) in [7, 11) is 1.44. The fourth-order valence-electron chi connectivity index (χ4n) is 4.85. The first-order valence-electron chi connectivity index (χ1n) is 10.9. The lowest BCUT2D eigenvalue weighted by atomic mass is 9.94. The predicted molar refractivity (Wildman–Crippen MR) is 124 cm³/mol. The molecule has 2 aliphatic rings. The zero-order valence-corrected chi connectivity index (χ0v) is 18.6. The highest BCUT2D eigenvalue weighted by Gasteiger charge is 2.31. The molecule has 0 amide bonds. The molecule has 35 heavy (non-hydrogen) atoms. The smallest absolute Gasteiger partial charge is 0.257 e. The number of aliphatic hydroxyl groups excluding tert-OH is 1. The molecule has 0 aliphatic carbocycles. The van der Waals surface area contributed by atoms with Gasteiger partial charge in [-0.3, -0.25) is 4.79 Å². The van der Waals surface area contributed by atoms with E-state index in [2.05, 4.69) is 0 Å². The Morgan fingerprint density at radius 1 is 1.20 bits per heavy atom. The summed E-state index contributed by atoms with van der Waals surface area (Å²) >= 11 is 0. The molecule has 0 saturated carbocycles. The highest BCUT2D eigenvalue weighted by atomic mass is 19.1. The molecule has 1 N–H and O–H groups in total. The van der Waals surface area contributed by atoms with Gasteiger partial charge in [-0.05, 0) is 35.4 Å². The number of carbonyl (C=O) groups is 1. The molecular formula is C26H19FN2O6. The van der Waals surface area contributed by atoms with E-state index in [1.165, 1.54) is 19.2 Å². The number of methoxy groups -OCH3 is 1. The van der Waals surface area contributed by atoms with Crippen molar-refractivity contribution in [2.75, 3.05) is 13.9 Å². The lowest BCUT2D eigenvalue weighted by molar-refractivity contribution is -0.115. The Bertz CT molecular complexity index is 1580. The van der Waals surface area contributed by atoms with Gasteiger partial charge in [0.15, 0.2) is 17.8 Å². The number of rotatable bonds is 5. The molecule has 1 unspecified atom stereocenters. The first-order valence-corrected chi connectivity index (χ1v) is 10.9. The van der Waals surface area contributed by atoms with Crippen LogP contribution in [-0.2, 0) is 22.7 Å². The van der Waals surface area contributed by atoms with Gasteiger partial charge in [0.25, 0.3) is 5.56 Å². The molecule has 8 nitrogen and oxygen atoms in total. The number of ether oxygens (including phenoxy) is 3. The third-order valence-electron chi connectivity index (χ3n) is 6.44. The maximum Gasteiger partial charge on any atom is 0.257 e. The van der Waals surface area contributed by atoms with Gasteiger partial charge >= 0.3 is 0 Å². The molecule has 4 aromatic rings. The topological polar surface area (TPSA) is 99.9 Å². The highest BCUT2D eigenvalue weighted by Crippen LogP contribution is 2.45. The minimum Gasteiger partial charge on any atom is -0.454 e. The number of carbonyl (C=O) groups excluding carboxylic acids is 1. The second kappa shape index (κ2) is 8.00. The maximum atomic E-state index is 13.8. The van der Waals surface area contributed by atoms with E-state index < -0.39 is 6.10 Å². The number of benzene rings is 2. The molecule has 176 valence electrons. The van der Waals surface area contributed by atoms with Gasteiger partial charge in [-0.2, -0.15) is 0 Å². The van der Waals surface area contributed by atoms with Gasteiger partial charge in [-0.25, -0.2) is 9.37 Å². The van der Waals surface area contributed by atoms with Crippen molar-refractivity contribution < 1.29 is 28.5 Å². The van der Waals surface area contributed by atoms with Gasteiger partial charge in [-0.15, -0.1) is 0 Å². The summed E-state index contributed by atoms with van der Waals surface area (Å²) in [4.78, 5) is 29.7. The molecule has 9 heteroatoms. The van der Waals surface area contributed by atoms with Crippen LogP contribution in [0.5, 0.6) is 11.5 Å². The molecule has 0 bridgehead atoms. The Kier molecular flexibility index (Phi) is 4.91. The van der Waals surface area contributed by atoms with E-state index in [9.17, 15) is 19.1 Å². The van der Waals surface area contributed by atoms with Crippen LogP contribution < -0.4 is 15.0 Å². The van der Waals surface area contributed by atoms with E-state index in [-0.39, 0.29) is 42.4 Å². The average Bonchev–Trinajstić information content (AvgIpc) is 3.47. The Morgan fingerprint density at radius 3 is 2.66 bits per heavy atom. The van der Waals surface area contributed by atoms with E-state index in [4.69, 9.17) is 19.2 Å². The van der Waals surface area contributed by atoms with Crippen LogP contribution in [0.15, 0.2) is 47.3 Å². The third-order valence-corrected chi connectivity index (χ3v) is 6.44. The molecular weight excluding hydrogens is 455 g/mol. The number of hydrogen-bond acceptors (Lipinski definition) is 7. The van der Waals surface area contributed by atoms with E-state index in [0.29, 0.717) is 34.7 Å². The SMILES string of the molecule is COCc1c(C(O)C=O)cc2n(c1=O)Cc1c-2nc2cc3c(cc2c1-c1ccc(F)cc1)OCO3. The number of pyridine rings is 2. The lowest BCUT2D eigenvalue weighted by Gasteiger charge is -2.14. The van der Waals surface area contributed by atoms with Crippen LogP contribution in [0, 0.1) is 5.82 Å². The first-order chi connectivity index (χ1) is 17.0. The molecule has 1 atom stereocenters. The standard InChI is InChI=1S/C26H19FN2O6/c1-33-11-18-15(21(31)10-30)6-20-25-17(9-29(20)26(18)32)24(13-2-4-14(27)5-3-13)16-7-22-23(35-12-34-22)8-19(16)28-25/h2-8,10,21,31H,9,11-12H2,1H3. The van der Waals surface area contributed by atoms with Crippen LogP contribution in [0.4, 0.5) is 4.39 Å². The van der Waals surface area contributed by atoms with Gasteiger partial charge in [-0.1, -0.05) is 12.1 Å². The fraction of sp³-hybridized carbons (Fsp3) is 0.192. The van der Waals surface area contributed by atoms with Crippen LogP contribution in [0.25, 0.3) is 33.4 Å². The van der Waals surface area contributed by atoms with Crippen LogP contribution in [0.1, 0.15) is 22.8 Å². The molecule has 2 aliphatic heterocycles. The quantitative estimate of drug-likeness (QED) is 0.390. The first kappa shape index (κ1) is 21.5. The second-order valence-electron chi connectivity index (χ2n) is 8.41. The third kappa shape index (κ3) is 3.23.